The second-order valence-corrected chi connectivity index (χ2v) is 6.65. The van der Waals surface area contributed by atoms with Gasteiger partial charge in [-0.25, -0.2) is 9.78 Å². The van der Waals surface area contributed by atoms with E-state index < -0.39 is 0 Å². The number of urea groups is 1. The Hall–Kier alpha value is -1.66. The van der Waals surface area contributed by atoms with Gasteiger partial charge in [0, 0.05) is 41.2 Å². The first-order chi connectivity index (χ1) is 10.7. The molecule has 0 aliphatic carbocycles. The Kier molecular flexibility index (Phi) is 4.90. The molecule has 2 aromatic rings. The average Bonchev–Trinajstić information content (AvgIpc) is 3.01. The lowest BCUT2D eigenvalue weighted by Crippen LogP contribution is -2.40. The fourth-order valence-electron chi connectivity index (χ4n) is 2.44. The van der Waals surface area contributed by atoms with E-state index in [-0.39, 0.29) is 12.1 Å². The molecule has 5 nitrogen and oxygen atoms in total. The third-order valence-electron chi connectivity index (χ3n) is 3.53. The highest BCUT2D eigenvalue weighted by Crippen LogP contribution is 2.37. The number of hydrogen-bond donors (Lipinski definition) is 2. The van der Waals surface area contributed by atoms with Crippen molar-refractivity contribution in [1.29, 1.82) is 0 Å². The Morgan fingerprint density at radius 1 is 1.50 bits per heavy atom. The number of amides is 2. The number of halogens is 1. The van der Waals surface area contributed by atoms with E-state index in [4.69, 9.17) is 11.6 Å². The van der Waals surface area contributed by atoms with Gasteiger partial charge in [0.05, 0.1) is 12.4 Å². The molecular weight excluding hydrogens is 320 g/mol. The minimum absolute atomic E-state index is 0.0168. The van der Waals surface area contributed by atoms with Crippen molar-refractivity contribution >= 4 is 29.4 Å². The van der Waals surface area contributed by atoms with Crippen molar-refractivity contribution in [2.45, 2.75) is 23.9 Å². The molecule has 3 rings (SSSR count). The van der Waals surface area contributed by atoms with Gasteiger partial charge in [-0.2, -0.15) is 0 Å². The van der Waals surface area contributed by atoms with Crippen molar-refractivity contribution in [1.82, 2.24) is 20.2 Å². The number of hydrogen-bond acceptors (Lipinski definition) is 3. The van der Waals surface area contributed by atoms with E-state index in [1.165, 1.54) is 4.90 Å². The second-order valence-electron chi connectivity index (χ2n) is 5.07. The van der Waals surface area contributed by atoms with E-state index in [9.17, 15) is 4.79 Å². The molecule has 7 heteroatoms. The molecule has 2 N–H and O–H groups in total. The molecule has 0 spiro atoms. The lowest BCUT2D eigenvalue weighted by molar-refractivity contribution is 0.236. The molecule has 0 unspecified atom stereocenters. The van der Waals surface area contributed by atoms with Crippen molar-refractivity contribution in [3.63, 3.8) is 0 Å². The van der Waals surface area contributed by atoms with Gasteiger partial charge in [-0.15, -0.1) is 11.8 Å². The van der Waals surface area contributed by atoms with Crippen LogP contribution in [0.3, 0.4) is 0 Å². The van der Waals surface area contributed by atoms with Crippen molar-refractivity contribution in [3.8, 4) is 0 Å². The van der Waals surface area contributed by atoms with Crippen molar-refractivity contribution in [2.24, 2.45) is 0 Å². The first-order valence-electron chi connectivity index (χ1n) is 7.15. The molecule has 1 aromatic heterocycles. The van der Waals surface area contributed by atoms with Gasteiger partial charge < -0.3 is 15.2 Å². The molecule has 2 amide bonds. The van der Waals surface area contributed by atoms with Crippen LogP contribution in [-0.2, 0) is 6.54 Å². The smallest absolute Gasteiger partial charge is 0.315 e. The molecule has 116 valence electrons. The van der Waals surface area contributed by atoms with Crippen LogP contribution in [0, 0.1) is 0 Å². The van der Waals surface area contributed by atoms with Crippen molar-refractivity contribution in [2.75, 3.05) is 12.3 Å². The summed E-state index contributed by atoms with van der Waals surface area (Å²) in [7, 11) is 0. The molecule has 0 fully saturated rings. The zero-order valence-electron chi connectivity index (χ0n) is 12.0. The van der Waals surface area contributed by atoms with Gasteiger partial charge in [-0.05, 0) is 30.2 Å². The molecular formula is C15H17ClN4OS. The maximum atomic E-state index is 12.0. The maximum absolute atomic E-state index is 12.0. The zero-order valence-corrected chi connectivity index (χ0v) is 13.5. The lowest BCUT2D eigenvalue weighted by Gasteiger charge is -2.26. The number of carbonyl (C=O) groups excluding carboxylic acids is 1. The van der Waals surface area contributed by atoms with Crippen LogP contribution in [0.2, 0.25) is 5.02 Å². The molecule has 2 heterocycles. The summed E-state index contributed by atoms with van der Waals surface area (Å²) in [5, 5.41) is 6.61. The van der Waals surface area contributed by atoms with Gasteiger partial charge >= 0.3 is 6.03 Å². The fraction of sp³-hybridized carbons (Fsp3) is 0.333. The quantitative estimate of drug-likeness (QED) is 0.902. The summed E-state index contributed by atoms with van der Waals surface area (Å²) < 4.78 is 1.92. The summed E-state index contributed by atoms with van der Waals surface area (Å²) in [6.07, 6.45) is 6.24. The number of nitrogens with zero attached hydrogens (tertiary/aromatic N) is 2. The molecule has 1 aliphatic rings. The van der Waals surface area contributed by atoms with Crippen molar-refractivity contribution in [3.05, 3.63) is 47.5 Å². The summed E-state index contributed by atoms with van der Waals surface area (Å²) in [5.74, 6) is 0.995. The average molecular weight is 337 g/mol. The molecule has 0 saturated carbocycles. The van der Waals surface area contributed by atoms with Crippen LogP contribution in [0.1, 0.15) is 18.0 Å². The van der Waals surface area contributed by atoms with Crippen LogP contribution in [-0.4, -0.2) is 27.9 Å². The van der Waals surface area contributed by atoms with E-state index >= 15 is 0 Å². The predicted octanol–water partition coefficient (Wildman–Crippen LogP) is 3.07. The number of imidazole rings is 1. The first kappa shape index (κ1) is 15.2. The second kappa shape index (κ2) is 7.07. The number of rotatable bonds is 4. The number of aromatic nitrogens is 2. The Labute approximate surface area is 138 Å². The van der Waals surface area contributed by atoms with Gasteiger partial charge in [-0.1, -0.05) is 11.6 Å². The predicted molar refractivity (Wildman–Crippen MR) is 88.3 cm³/mol. The number of nitrogens with one attached hydrogen (secondary N) is 2. The molecule has 1 aliphatic heterocycles. The van der Waals surface area contributed by atoms with Crippen LogP contribution < -0.4 is 10.6 Å². The summed E-state index contributed by atoms with van der Waals surface area (Å²) in [5.41, 5.74) is 1.11. The highest BCUT2D eigenvalue weighted by molar-refractivity contribution is 7.99. The van der Waals surface area contributed by atoms with E-state index in [1.54, 1.807) is 24.3 Å². The van der Waals surface area contributed by atoms with Crippen molar-refractivity contribution < 1.29 is 4.79 Å². The molecule has 22 heavy (non-hydrogen) atoms. The molecule has 1 aromatic carbocycles. The molecule has 0 radical (unpaired) electrons. The highest BCUT2D eigenvalue weighted by Gasteiger charge is 2.22. The van der Waals surface area contributed by atoms with Gasteiger partial charge in [0.15, 0.2) is 0 Å². The van der Waals surface area contributed by atoms with Gasteiger partial charge in [0.1, 0.15) is 0 Å². The highest BCUT2D eigenvalue weighted by atomic mass is 35.5. The summed E-state index contributed by atoms with van der Waals surface area (Å²) in [6.45, 7) is 1.27. The SMILES string of the molecule is O=C(NCCn1ccnc1)N[C@H]1CCSc2ccc(Cl)cc21. The standard InChI is InChI=1S/C15H17ClN4OS/c16-11-1-2-14-12(9-11)13(3-8-22-14)19-15(21)18-5-7-20-6-4-17-10-20/h1-2,4,6,9-10,13H,3,5,7-8H2,(H2,18,19,21)/t13-/m0/s1. The van der Waals surface area contributed by atoms with Gasteiger partial charge in [0.25, 0.3) is 0 Å². The van der Waals surface area contributed by atoms with E-state index in [1.807, 2.05) is 29.0 Å². The minimum Gasteiger partial charge on any atom is -0.336 e. The maximum Gasteiger partial charge on any atom is 0.315 e. The largest absolute Gasteiger partial charge is 0.336 e. The molecule has 0 bridgehead atoms. The van der Waals surface area contributed by atoms with Gasteiger partial charge in [0.2, 0.25) is 0 Å². The van der Waals surface area contributed by atoms with E-state index in [2.05, 4.69) is 15.6 Å². The Morgan fingerprint density at radius 2 is 2.41 bits per heavy atom. The molecule has 1 atom stereocenters. The third-order valence-corrected chi connectivity index (χ3v) is 4.89. The normalized spacial score (nSPS) is 16.9. The summed E-state index contributed by atoms with van der Waals surface area (Å²) in [4.78, 5) is 17.2. The Bertz CT molecular complexity index is 647. The third kappa shape index (κ3) is 3.75. The van der Waals surface area contributed by atoms with Crippen LogP contribution in [0.4, 0.5) is 4.79 Å². The number of benzene rings is 1. The Morgan fingerprint density at radius 3 is 3.23 bits per heavy atom. The van der Waals surface area contributed by atoms with Crippen LogP contribution in [0.5, 0.6) is 0 Å². The number of thioether (sulfide) groups is 1. The minimum atomic E-state index is -0.150. The summed E-state index contributed by atoms with van der Waals surface area (Å²) >= 11 is 7.88. The van der Waals surface area contributed by atoms with Gasteiger partial charge in [-0.3, -0.25) is 0 Å². The summed E-state index contributed by atoms with van der Waals surface area (Å²) in [6, 6.07) is 5.72. The lowest BCUT2D eigenvalue weighted by atomic mass is 10.0. The first-order valence-corrected chi connectivity index (χ1v) is 8.51. The topological polar surface area (TPSA) is 59.0 Å². The Balaban J connectivity index is 1.55. The molecule has 0 saturated heterocycles. The number of fused-ring (bicyclic) bond motifs is 1. The zero-order chi connectivity index (χ0) is 15.4. The van der Waals surface area contributed by atoms with E-state index in [0.717, 1.165) is 17.7 Å². The van der Waals surface area contributed by atoms with Crippen LogP contribution >= 0.6 is 23.4 Å². The number of carbonyl (C=O) groups is 1. The monoisotopic (exact) mass is 336 g/mol. The van der Waals surface area contributed by atoms with Crippen LogP contribution in [0.25, 0.3) is 0 Å². The van der Waals surface area contributed by atoms with Crippen LogP contribution in [0.15, 0.2) is 41.8 Å². The fourth-order valence-corrected chi connectivity index (χ4v) is 3.73. The van der Waals surface area contributed by atoms with E-state index in [0.29, 0.717) is 18.1 Å².